The van der Waals surface area contributed by atoms with Gasteiger partial charge in [0.25, 0.3) is 0 Å². The summed E-state index contributed by atoms with van der Waals surface area (Å²) in [6.45, 7) is 11.4. The van der Waals surface area contributed by atoms with E-state index in [-0.39, 0.29) is 11.5 Å². The maximum Gasteiger partial charge on any atom is 0.334 e. The van der Waals surface area contributed by atoms with Gasteiger partial charge in [0.15, 0.2) is 23.6 Å². The average molecular weight is 422 g/mol. The molecule has 1 unspecified atom stereocenters. The first-order chi connectivity index (χ1) is 13.9. The Morgan fingerprint density at radius 1 is 1.37 bits per heavy atom. The summed E-state index contributed by atoms with van der Waals surface area (Å²) in [5, 5.41) is 11.1. The SMILES string of the molecule is C=C1C(=O)O[C@@H]2C[C@@H](C)/C=C\C(=O)[C@](C)(O)[C@H](OC(C)=O)[C@@H](OC(=O)C(C)CC)[C@@H]12. The van der Waals surface area contributed by atoms with Crippen LogP contribution in [-0.4, -0.2) is 52.7 Å². The molecule has 1 saturated heterocycles. The summed E-state index contributed by atoms with van der Waals surface area (Å²) in [5.41, 5.74) is -2.17. The fourth-order valence-electron chi connectivity index (χ4n) is 3.68. The van der Waals surface area contributed by atoms with Crippen LogP contribution in [0, 0.1) is 17.8 Å². The van der Waals surface area contributed by atoms with Crippen molar-refractivity contribution in [1.29, 1.82) is 0 Å². The van der Waals surface area contributed by atoms with E-state index >= 15 is 0 Å². The number of allylic oxidation sites excluding steroid dienone is 1. The van der Waals surface area contributed by atoms with E-state index in [9.17, 15) is 24.3 Å². The van der Waals surface area contributed by atoms with E-state index in [0.717, 1.165) is 6.92 Å². The van der Waals surface area contributed by atoms with Gasteiger partial charge in [-0.3, -0.25) is 14.4 Å². The van der Waals surface area contributed by atoms with Crippen molar-refractivity contribution in [2.45, 2.75) is 71.4 Å². The lowest BCUT2D eigenvalue weighted by molar-refractivity contribution is -0.198. The van der Waals surface area contributed by atoms with Crippen LogP contribution in [0.3, 0.4) is 0 Å². The minimum absolute atomic E-state index is 0.0408. The van der Waals surface area contributed by atoms with Gasteiger partial charge in [-0.2, -0.15) is 0 Å². The Hall–Kier alpha value is -2.48. The first-order valence-electron chi connectivity index (χ1n) is 10.1. The third-order valence-corrected chi connectivity index (χ3v) is 5.77. The number of carbonyl (C=O) groups excluding carboxylic acids is 4. The van der Waals surface area contributed by atoms with Crippen molar-refractivity contribution >= 4 is 23.7 Å². The van der Waals surface area contributed by atoms with Crippen LogP contribution in [0.15, 0.2) is 24.3 Å². The van der Waals surface area contributed by atoms with Crippen LogP contribution >= 0.6 is 0 Å². The van der Waals surface area contributed by atoms with Gasteiger partial charge in [0, 0.05) is 12.5 Å². The highest BCUT2D eigenvalue weighted by molar-refractivity contribution is 5.97. The zero-order valence-corrected chi connectivity index (χ0v) is 18.0. The van der Waals surface area contributed by atoms with Crippen LogP contribution in [0.1, 0.15) is 47.5 Å². The normalized spacial score (nSPS) is 36.3. The van der Waals surface area contributed by atoms with Gasteiger partial charge in [-0.15, -0.1) is 0 Å². The second-order valence-corrected chi connectivity index (χ2v) is 8.32. The Bertz CT molecular complexity index is 765. The minimum Gasteiger partial charge on any atom is -0.458 e. The lowest BCUT2D eigenvalue weighted by atomic mass is 9.77. The molecule has 30 heavy (non-hydrogen) atoms. The van der Waals surface area contributed by atoms with Gasteiger partial charge in [0.1, 0.15) is 6.10 Å². The molecule has 166 valence electrons. The largest absolute Gasteiger partial charge is 0.458 e. The van der Waals surface area contributed by atoms with Gasteiger partial charge in [-0.05, 0) is 31.8 Å². The van der Waals surface area contributed by atoms with Gasteiger partial charge in [0.2, 0.25) is 0 Å². The summed E-state index contributed by atoms with van der Waals surface area (Å²) >= 11 is 0. The van der Waals surface area contributed by atoms with E-state index in [0.29, 0.717) is 12.8 Å². The zero-order valence-electron chi connectivity index (χ0n) is 18.0. The van der Waals surface area contributed by atoms with Gasteiger partial charge in [0.05, 0.1) is 11.8 Å². The molecule has 0 spiro atoms. The first kappa shape index (κ1) is 23.8. The molecule has 0 saturated carbocycles. The third-order valence-electron chi connectivity index (χ3n) is 5.77. The molecule has 0 aromatic carbocycles. The fraction of sp³-hybridized carbons (Fsp3) is 0.636. The van der Waals surface area contributed by atoms with Gasteiger partial charge < -0.3 is 19.3 Å². The molecule has 1 N–H and O–H groups in total. The maximum absolute atomic E-state index is 12.8. The van der Waals surface area contributed by atoms with E-state index in [1.54, 1.807) is 19.9 Å². The molecule has 0 aromatic rings. The zero-order chi connectivity index (χ0) is 22.8. The number of carbonyl (C=O) groups is 4. The minimum atomic E-state index is -2.21. The van der Waals surface area contributed by atoms with Crippen molar-refractivity contribution in [2.75, 3.05) is 0 Å². The van der Waals surface area contributed by atoms with Crippen LogP contribution in [0.2, 0.25) is 0 Å². The number of aliphatic hydroxyl groups is 1. The van der Waals surface area contributed by atoms with Crippen molar-refractivity contribution in [1.82, 2.24) is 0 Å². The number of esters is 3. The van der Waals surface area contributed by atoms with Crippen LogP contribution in [-0.2, 0) is 33.4 Å². The fourth-order valence-corrected chi connectivity index (χ4v) is 3.68. The maximum atomic E-state index is 12.8. The topological polar surface area (TPSA) is 116 Å². The molecule has 8 nitrogen and oxygen atoms in total. The highest BCUT2D eigenvalue weighted by Gasteiger charge is 2.56. The molecule has 7 atom stereocenters. The number of hydrogen-bond donors (Lipinski definition) is 1. The van der Waals surface area contributed by atoms with Gasteiger partial charge in [-0.1, -0.05) is 33.4 Å². The standard InChI is InChI=1S/C22H30O8/c1-7-12(3)20(25)30-18-17-13(4)21(26)29-15(17)10-11(2)8-9-16(24)22(6,27)19(18)28-14(5)23/h8-9,11-12,15,17-19,27H,4,7,10H2,1-3,5-6H3/b9-8-/t11-,12?,15+,17-,18-,19+,22-/m0/s1. The van der Waals surface area contributed by atoms with E-state index in [1.165, 1.54) is 13.0 Å². The molecule has 0 radical (unpaired) electrons. The molecule has 0 bridgehead atoms. The Balaban J connectivity index is 2.65. The molecule has 1 fully saturated rings. The average Bonchev–Trinajstić information content (AvgIpc) is 2.94. The quantitative estimate of drug-likeness (QED) is 0.415. The van der Waals surface area contributed by atoms with E-state index in [2.05, 4.69) is 6.58 Å². The Morgan fingerprint density at radius 3 is 2.57 bits per heavy atom. The van der Waals surface area contributed by atoms with Crippen LogP contribution in [0.25, 0.3) is 0 Å². The predicted octanol–water partition coefficient (Wildman–Crippen LogP) is 1.89. The summed E-state index contributed by atoms with van der Waals surface area (Å²) in [5.74, 6) is -4.29. The second kappa shape index (κ2) is 9.12. The second-order valence-electron chi connectivity index (χ2n) is 8.32. The van der Waals surface area contributed by atoms with Crippen LogP contribution in [0.4, 0.5) is 0 Å². The molecular weight excluding hydrogens is 392 g/mol. The number of rotatable bonds is 4. The van der Waals surface area contributed by atoms with Crippen LogP contribution < -0.4 is 0 Å². The lowest BCUT2D eigenvalue weighted by Crippen LogP contribution is -2.58. The molecule has 1 aliphatic carbocycles. The number of fused-ring (bicyclic) bond motifs is 1. The summed E-state index contributed by atoms with van der Waals surface area (Å²) in [6, 6.07) is 0. The van der Waals surface area contributed by atoms with Crippen molar-refractivity contribution in [2.24, 2.45) is 17.8 Å². The van der Waals surface area contributed by atoms with Crippen LogP contribution in [0.5, 0.6) is 0 Å². The molecular formula is C22H30O8. The van der Waals surface area contributed by atoms with E-state index in [1.807, 2.05) is 6.92 Å². The van der Waals surface area contributed by atoms with Crippen molar-refractivity contribution in [3.05, 3.63) is 24.3 Å². The molecule has 2 rings (SSSR count). The predicted molar refractivity (Wildman–Crippen MR) is 106 cm³/mol. The molecule has 1 heterocycles. The molecule has 0 aromatic heterocycles. The summed E-state index contributed by atoms with van der Waals surface area (Å²) in [7, 11) is 0. The highest BCUT2D eigenvalue weighted by Crippen LogP contribution is 2.40. The lowest BCUT2D eigenvalue weighted by Gasteiger charge is -2.39. The summed E-state index contributed by atoms with van der Waals surface area (Å²) in [4.78, 5) is 49.6. The highest BCUT2D eigenvalue weighted by atomic mass is 16.6. The third kappa shape index (κ3) is 4.80. The monoisotopic (exact) mass is 422 g/mol. The Morgan fingerprint density at radius 2 is 2.00 bits per heavy atom. The molecule has 0 amide bonds. The summed E-state index contributed by atoms with van der Waals surface area (Å²) in [6.07, 6.45) is 0.0139. The number of hydrogen-bond acceptors (Lipinski definition) is 8. The van der Waals surface area contributed by atoms with Crippen molar-refractivity contribution < 1.29 is 38.5 Å². The smallest absolute Gasteiger partial charge is 0.334 e. The van der Waals surface area contributed by atoms with E-state index in [4.69, 9.17) is 14.2 Å². The Labute approximate surface area is 176 Å². The molecule has 2 aliphatic rings. The van der Waals surface area contributed by atoms with E-state index < -0.39 is 59.4 Å². The first-order valence-corrected chi connectivity index (χ1v) is 10.1. The number of ether oxygens (including phenoxy) is 3. The van der Waals surface area contributed by atoms with Gasteiger partial charge >= 0.3 is 17.9 Å². The van der Waals surface area contributed by atoms with Gasteiger partial charge in [-0.25, -0.2) is 4.79 Å². The molecule has 8 heteroatoms. The summed E-state index contributed by atoms with van der Waals surface area (Å²) < 4.78 is 16.5. The molecule has 1 aliphatic heterocycles. The van der Waals surface area contributed by atoms with Crippen molar-refractivity contribution in [3.8, 4) is 0 Å². The Kier molecular flexibility index (Phi) is 7.23. The van der Waals surface area contributed by atoms with Crippen molar-refractivity contribution in [3.63, 3.8) is 0 Å². The number of ketones is 1.